The normalized spacial score (nSPS) is 27.4. The van der Waals surface area contributed by atoms with Crippen LogP contribution in [-0.4, -0.2) is 36.5 Å². The first-order chi connectivity index (χ1) is 6.08. The molecule has 3 nitrogen and oxygen atoms in total. The maximum atomic E-state index is 12.4. The Morgan fingerprint density at radius 2 is 2.15 bits per heavy atom. The fourth-order valence-corrected chi connectivity index (χ4v) is 1.79. The van der Waals surface area contributed by atoms with Crippen LogP contribution < -0.4 is 5.32 Å². The van der Waals surface area contributed by atoms with Crippen LogP contribution in [0.1, 0.15) is 12.8 Å². The zero-order chi connectivity index (χ0) is 9.47. The van der Waals surface area contributed by atoms with E-state index in [1.165, 1.54) is 0 Å². The Kier molecular flexibility index (Phi) is 1.98. The van der Waals surface area contributed by atoms with Crippen LogP contribution in [0.5, 0.6) is 0 Å². The lowest BCUT2D eigenvalue weighted by Gasteiger charge is -2.35. The molecule has 1 aliphatic carbocycles. The van der Waals surface area contributed by atoms with Gasteiger partial charge in [-0.3, -0.25) is 10.1 Å². The minimum absolute atomic E-state index is 0.115. The van der Waals surface area contributed by atoms with Crippen molar-refractivity contribution < 1.29 is 13.6 Å². The Morgan fingerprint density at radius 3 is 2.62 bits per heavy atom. The van der Waals surface area contributed by atoms with E-state index >= 15 is 0 Å². The summed E-state index contributed by atoms with van der Waals surface area (Å²) in [6.07, 6.45) is -0.523. The fourth-order valence-electron chi connectivity index (χ4n) is 1.79. The van der Waals surface area contributed by atoms with Crippen molar-refractivity contribution in [2.24, 2.45) is 5.92 Å². The minimum Gasteiger partial charge on any atom is -0.328 e. The molecule has 13 heavy (non-hydrogen) atoms. The van der Waals surface area contributed by atoms with E-state index < -0.39 is 11.8 Å². The van der Waals surface area contributed by atoms with E-state index in [0.717, 1.165) is 6.54 Å². The van der Waals surface area contributed by atoms with Crippen LogP contribution >= 0.6 is 0 Å². The van der Waals surface area contributed by atoms with Gasteiger partial charge in [0.2, 0.25) is 11.8 Å². The predicted octanol–water partition coefficient (Wildman–Crippen LogP) is 0.421. The number of amides is 1. The second-order valence-corrected chi connectivity index (χ2v) is 3.72. The van der Waals surface area contributed by atoms with Crippen LogP contribution in [-0.2, 0) is 4.79 Å². The summed E-state index contributed by atoms with van der Waals surface area (Å²) < 4.78 is 24.9. The van der Waals surface area contributed by atoms with Gasteiger partial charge in [0.15, 0.2) is 0 Å². The Labute approximate surface area is 75.1 Å². The van der Waals surface area contributed by atoms with Gasteiger partial charge in [-0.15, -0.1) is 0 Å². The Balaban J connectivity index is 1.85. The standard InChI is InChI=1S/C8H12F2N2O/c9-8(10)3-6(4-8)7(13)12-2-1-11-5-12/h6,11H,1-5H2. The summed E-state index contributed by atoms with van der Waals surface area (Å²) >= 11 is 0. The topological polar surface area (TPSA) is 32.3 Å². The van der Waals surface area contributed by atoms with Gasteiger partial charge in [-0.05, 0) is 0 Å². The number of carbonyl (C=O) groups is 1. The molecule has 1 saturated heterocycles. The van der Waals surface area contributed by atoms with Crippen molar-refractivity contribution >= 4 is 5.91 Å². The van der Waals surface area contributed by atoms with Crippen molar-refractivity contribution in [1.82, 2.24) is 10.2 Å². The smallest absolute Gasteiger partial charge is 0.249 e. The summed E-state index contributed by atoms with van der Waals surface area (Å²) in [7, 11) is 0. The zero-order valence-corrected chi connectivity index (χ0v) is 7.22. The number of nitrogens with zero attached hydrogens (tertiary/aromatic N) is 1. The van der Waals surface area contributed by atoms with Gasteiger partial charge >= 0.3 is 0 Å². The van der Waals surface area contributed by atoms with Crippen molar-refractivity contribution in [3.05, 3.63) is 0 Å². The van der Waals surface area contributed by atoms with E-state index in [2.05, 4.69) is 5.32 Å². The first kappa shape index (κ1) is 8.87. The third-order valence-electron chi connectivity index (χ3n) is 2.61. The summed E-state index contributed by atoms with van der Waals surface area (Å²) in [6, 6.07) is 0. The molecular weight excluding hydrogens is 178 g/mol. The fraction of sp³-hybridized carbons (Fsp3) is 0.875. The molecule has 0 unspecified atom stereocenters. The summed E-state index contributed by atoms with van der Waals surface area (Å²) in [5.74, 6) is -3.14. The van der Waals surface area contributed by atoms with Gasteiger partial charge in [0.25, 0.3) is 0 Å². The molecule has 2 rings (SSSR count). The van der Waals surface area contributed by atoms with Crippen molar-refractivity contribution in [3.63, 3.8) is 0 Å². The maximum absolute atomic E-state index is 12.4. The van der Waals surface area contributed by atoms with Gasteiger partial charge in [-0.2, -0.15) is 0 Å². The number of nitrogens with one attached hydrogen (secondary N) is 1. The minimum atomic E-state index is -2.59. The van der Waals surface area contributed by atoms with Crippen molar-refractivity contribution in [2.45, 2.75) is 18.8 Å². The molecule has 0 aromatic carbocycles. The quantitative estimate of drug-likeness (QED) is 0.650. The molecule has 0 bridgehead atoms. The Morgan fingerprint density at radius 1 is 1.46 bits per heavy atom. The lowest BCUT2D eigenvalue weighted by molar-refractivity contribution is -0.158. The highest BCUT2D eigenvalue weighted by molar-refractivity contribution is 5.80. The molecule has 1 N–H and O–H groups in total. The van der Waals surface area contributed by atoms with Crippen LogP contribution in [0.2, 0.25) is 0 Å². The van der Waals surface area contributed by atoms with Crippen LogP contribution in [0, 0.1) is 5.92 Å². The maximum Gasteiger partial charge on any atom is 0.249 e. The third-order valence-corrected chi connectivity index (χ3v) is 2.61. The largest absolute Gasteiger partial charge is 0.328 e. The highest BCUT2D eigenvalue weighted by Crippen LogP contribution is 2.43. The molecule has 1 heterocycles. The van der Waals surface area contributed by atoms with Crippen LogP contribution in [0.15, 0.2) is 0 Å². The second kappa shape index (κ2) is 2.90. The Hall–Kier alpha value is -0.710. The van der Waals surface area contributed by atoms with E-state index in [-0.39, 0.29) is 18.7 Å². The van der Waals surface area contributed by atoms with Crippen molar-refractivity contribution in [3.8, 4) is 0 Å². The first-order valence-corrected chi connectivity index (χ1v) is 4.46. The van der Waals surface area contributed by atoms with Crippen LogP contribution in [0.4, 0.5) is 8.78 Å². The van der Waals surface area contributed by atoms with Gasteiger partial charge in [0, 0.05) is 31.8 Å². The first-order valence-electron chi connectivity index (χ1n) is 4.46. The average molecular weight is 190 g/mol. The monoisotopic (exact) mass is 190 g/mol. The number of hydrogen-bond donors (Lipinski definition) is 1. The van der Waals surface area contributed by atoms with Gasteiger partial charge in [0.1, 0.15) is 0 Å². The van der Waals surface area contributed by atoms with Crippen molar-refractivity contribution in [1.29, 1.82) is 0 Å². The molecule has 2 aliphatic rings. The number of halogens is 2. The van der Waals surface area contributed by atoms with E-state index in [1.807, 2.05) is 0 Å². The highest BCUT2D eigenvalue weighted by atomic mass is 19.3. The second-order valence-electron chi connectivity index (χ2n) is 3.72. The molecule has 1 saturated carbocycles. The van der Waals surface area contributed by atoms with Crippen molar-refractivity contribution in [2.75, 3.05) is 19.8 Å². The van der Waals surface area contributed by atoms with E-state index in [4.69, 9.17) is 0 Å². The van der Waals surface area contributed by atoms with Gasteiger partial charge in [-0.1, -0.05) is 0 Å². The summed E-state index contributed by atoms with van der Waals surface area (Å²) in [5, 5.41) is 2.99. The molecule has 0 aromatic heterocycles. The zero-order valence-electron chi connectivity index (χ0n) is 7.22. The van der Waals surface area contributed by atoms with Crippen LogP contribution in [0.25, 0.3) is 0 Å². The van der Waals surface area contributed by atoms with E-state index in [1.54, 1.807) is 4.90 Å². The molecule has 1 aliphatic heterocycles. The molecule has 0 radical (unpaired) electrons. The number of rotatable bonds is 1. The van der Waals surface area contributed by atoms with Gasteiger partial charge in [-0.25, -0.2) is 8.78 Å². The van der Waals surface area contributed by atoms with Gasteiger partial charge in [0.05, 0.1) is 6.67 Å². The predicted molar refractivity (Wildman–Crippen MR) is 42.3 cm³/mol. The lowest BCUT2D eigenvalue weighted by Crippen LogP contribution is -2.46. The average Bonchev–Trinajstić information content (AvgIpc) is 2.50. The third kappa shape index (κ3) is 1.65. The Bertz CT molecular complexity index is 218. The van der Waals surface area contributed by atoms with E-state index in [9.17, 15) is 13.6 Å². The molecular formula is C8H12F2N2O. The number of carbonyl (C=O) groups excluding carboxylic acids is 1. The SMILES string of the molecule is O=C(C1CC(F)(F)C1)N1CCNC1. The number of hydrogen-bond acceptors (Lipinski definition) is 2. The molecule has 0 atom stereocenters. The molecule has 74 valence electrons. The molecule has 0 aromatic rings. The molecule has 2 fully saturated rings. The lowest BCUT2D eigenvalue weighted by atomic mass is 9.80. The molecule has 0 spiro atoms. The summed E-state index contributed by atoms with van der Waals surface area (Å²) in [6.45, 7) is 1.94. The van der Waals surface area contributed by atoms with Gasteiger partial charge < -0.3 is 4.90 Å². The molecule has 1 amide bonds. The highest BCUT2D eigenvalue weighted by Gasteiger charge is 2.49. The number of alkyl halides is 2. The van der Waals surface area contributed by atoms with Crippen LogP contribution in [0.3, 0.4) is 0 Å². The van der Waals surface area contributed by atoms with E-state index in [0.29, 0.717) is 13.2 Å². The summed E-state index contributed by atoms with van der Waals surface area (Å²) in [5.41, 5.74) is 0. The summed E-state index contributed by atoms with van der Waals surface area (Å²) in [4.78, 5) is 13.1. The molecule has 5 heteroatoms.